The van der Waals surface area contributed by atoms with Gasteiger partial charge in [-0.3, -0.25) is 9.36 Å². The second kappa shape index (κ2) is 7.99. The fourth-order valence-electron chi connectivity index (χ4n) is 3.18. The Bertz CT molecular complexity index is 1010. The van der Waals surface area contributed by atoms with Crippen LogP contribution in [0.25, 0.3) is 11.3 Å². The van der Waals surface area contributed by atoms with Gasteiger partial charge in [-0.1, -0.05) is 30.3 Å². The molecule has 3 heterocycles. The Morgan fingerprint density at radius 1 is 0.929 bits per heavy atom. The summed E-state index contributed by atoms with van der Waals surface area (Å²) in [4.78, 5) is 40.8. The van der Waals surface area contributed by atoms with Gasteiger partial charge in [0.1, 0.15) is 6.54 Å². The first-order valence-electron chi connectivity index (χ1n) is 9.13. The summed E-state index contributed by atoms with van der Waals surface area (Å²) in [7, 11) is 0. The van der Waals surface area contributed by atoms with Crippen molar-refractivity contribution in [3.63, 3.8) is 0 Å². The Morgan fingerprint density at radius 2 is 1.71 bits per heavy atom. The van der Waals surface area contributed by atoms with Crippen molar-refractivity contribution in [2.75, 3.05) is 31.1 Å². The Morgan fingerprint density at radius 3 is 2.46 bits per heavy atom. The molecule has 0 radical (unpaired) electrons. The zero-order chi connectivity index (χ0) is 19.3. The fraction of sp³-hybridized carbons (Fsp3) is 0.250. The summed E-state index contributed by atoms with van der Waals surface area (Å²) in [6.45, 7) is 2.42. The SMILES string of the molecule is O=C(Cn1cccnc1=O)N1CCN(c2nccc(-c3ccccc3)n2)CC1. The first-order valence-corrected chi connectivity index (χ1v) is 9.13. The van der Waals surface area contributed by atoms with Crippen LogP contribution in [0.3, 0.4) is 0 Å². The number of hydrogen-bond acceptors (Lipinski definition) is 6. The maximum atomic E-state index is 12.5. The molecule has 3 aromatic rings. The Hall–Kier alpha value is -3.55. The molecule has 1 amide bonds. The molecule has 1 aliphatic heterocycles. The minimum absolute atomic E-state index is 0.00661. The molecule has 28 heavy (non-hydrogen) atoms. The van der Waals surface area contributed by atoms with Gasteiger partial charge in [0.2, 0.25) is 11.9 Å². The lowest BCUT2D eigenvalue weighted by Gasteiger charge is -2.34. The van der Waals surface area contributed by atoms with Crippen LogP contribution < -0.4 is 10.6 Å². The number of nitrogens with zero attached hydrogens (tertiary/aromatic N) is 6. The van der Waals surface area contributed by atoms with Crippen LogP contribution in [0.15, 0.2) is 65.8 Å². The normalized spacial score (nSPS) is 14.1. The number of benzene rings is 1. The molecule has 0 saturated carbocycles. The van der Waals surface area contributed by atoms with Crippen molar-refractivity contribution in [1.29, 1.82) is 0 Å². The predicted octanol–water partition coefficient (Wildman–Crippen LogP) is 1.05. The number of aromatic nitrogens is 4. The van der Waals surface area contributed by atoms with E-state index < -0.39 is 5.69 Å². The van der Waals surface area contributed by atoms with E-state index in [0.29, 0.717) is 32.1 Å². The third kappa shape index (κ3) is 3.90. The van der Waals surface area contributed by atoms with E-state index in [2.05, 4.69) is 19.9 Å². The molecule has 142 valence electrons. The van der Waals surface area contributed by atoms with Crippen LogP contribution in [0.4, 0.5) is 5.95 Å². The molecule has 0 N–H and O–H groups in total. The molecule has 0 bridgehead atoms. The highest BCUT2D eigenvalue weighted by molar-refractivity contribution is 5.76. The smallest absolute Gasteiger partial charge is 0.338 e. The van der Waals surface area contributed by atoms with Crippen LogP contribution in [-0.2, 0) is 11.3 Å². The first kappa shape index (κ1) is 17.8. The van der Waals surface area contributed by atoms with Gasteiger partial charge in [0.15, 0.2) is 0 Å². The molecule has 0 spiro atoms. The minimum atomic E-state index is -0.416. The number of hydrogen-bond donors (Lipinski definition) is 0. The summed E-state index contributed by atoms with van der Waals surface area (Å²) in [6.07, 6.45) is 4.76. The first-order chi connectivity index (χ1) is 13.7. The summed E-state index contributed by atoms with van der Waals surface area (Å²) in [5, 5.41) is 0. The zero-order valence-corrected chi connectivity index (χ0v) is 15.3. The van der Waals surface area contributed by atoms with E-state index in [1.807, 2.05) is 36.4 Å². The standard InChI is InChI=1S/C20H20N6O2/c27-18(15-26-10-4-8-22-20(26)28)24-11-13-25(14-12-24)19-21-9-7-17(23-19)16-5-2-1-3-6-16/h1-10H,11-15H2. The van der Waals surface area contributed by atoms with Gasteiger partial charge in [-0.15, -0.1) is 0 Å². The highest BCUT2D eigenvalue weighted by atomic mass is 16.2. The van der Waals surface area contributed by atoms with E-state index in [1.54, 1.807) is 23.4 Å². The third-order valence-electron chi connectivity index (χ3n) is 4.72. The molecular formula is C20H20N6O2. The number of piperazine rings is 1. The number of carbonyl (C=O) groups is 1. The van der Waals surface area contributed by atoms with Crippen LogP contribution >= 0.6 is 0 Å². The molecule has 0 atom stereocenters. The molecule has 2 aromatic heterocycles. The topological polar surface area (TPSA) is 84.2 Å². The monoisotopic (exact) mass is 376 g/mol. The number of anilines is 1. The molecule has 1 aromatic carbocycles. The van der Waals surface area contributed by atoms with Gasteiger partial charge in [0.25, 0.3) is 0 Å². The van der Waals surface area contributed by atoms with Crippen LogP contribution in [0.1, 0.15) is 0 Å². The van der Waals surface area contributed by atoms with Crippen molar-refractivity contribution in [1.82, 2.24) is 24.4 Å². The highest BCUT2D eigenvalue weighted by Crippen LogP contribution is 2.19. The summed E-state index contributed by atoms with van der Waals surface area (Å²) in [6, 6.07) is 13.5. The lowest BCUT2D eigenvalue weighted by atomic mass is 10.1. The molecule has 0 unspecified atom stereocenters. The van der Waals surface area contributed by atoms with Crippen molar-refractivity contribution in [3.8, 4) is 11.3 Å². The van der Waals surface area contributed by atoms with Crippen molar-refractivity contribution >= 4 is 11.9 Å². The van der Waals surface area contributed by atoms with E-state index in [-0.39, 0.29) is 12.5 Å². The minimum Gasteiger partial charge on any atom is -0.338 e. The second-order valence-electron chi connectivity index (χ2n) is 6.51. The molecule has 1 fully saturated rings. The van der Waals surface area contributed by atoms with Crippen LogP contribution in [0, 0.1) is 0 Å². The molecular weight excluding hydrogens is 356 g/mol. The predicted molar refractivity (Wildman–Crippen MR) is 105 cm³/mol. The Balaban J connectivity index is 1.40. The van der Waals surface area contributed by atoms with Gasteiger partial charge in [-0.05, 0) is 12.1 Å². The van der Waals surface area contributed by atoms with Crippen LogP contribution in [-0.4, -0.2) is 56.5 Å². The number of rotatable bonds is 4. The van der Waals surface area contributed by atoms with Gasteiger partial charge in [0.05, 0.1) is 5.69 Å². The number of amides is 1. The van der Waals surface area contributed by atoms with Crippen LogP contribution in [0.5, 0.6) is 0 Å². The van der Waals surface area contributed by atoms with Gasteiger partial charge < -0.3 is 9.80 Å². The quantitative estimate of drug-likeness (QED) is 0.677. The van der Waals surface area contributed by atoms with Gasteiger partial charge in [-0.25, -0.2) is 19.7 Å². The summed E-state index contributed by atoms with van der Waals surface area (Å²) < 4.78 is 1.32. The maximum Gasteiger partial charge on any atom is 0.347 e. The lowest BCUT2D eigenvalue weighted by molar-refractivity contribution is -0.132. The summed E-state index contributed by atoms with van der Waals surface area (Å²) >= 11 is 0. The van der Waals surface area contributed by atoms with Crippen molar-refractivity contribution in [2.45, 2.75) is 6.54 Å². The van der Waals surface area contributed by atoms with E-state index in [0.717, 1.165) is 11.3 Å². The van der Waals surface area contributed by atoms with E-state index in [9.17, 15) is 9.59 Å². The maximum absolute atomic E-state index is 12.5. The van der Waals surface area contributed by atoms with Gasteiger partial charge in [-0.2, -0.15) is 0 Å². The average Bonchev–Trinajstić information content (AvgIpc) is 2.76. The molecule has 4 rings (SSSR count). The molecule has 1 aliphatic rings. The Kier molecular flexibility index (Phi) is 5.09. The highest BCUT2D eigenvalue weighted by Gasteiger charge is 2.23. The van der Waals surface area contributed by atoms with Crippen molar-refractivity contribution < 1.29 is 4.79 Å². The fourth-order valence-corrected chi connectivity index (χ4v) is 3.18. The third-order valence-corrected chi connectivity index (χ3v) is 4.72. The van der Waals surface area contributed by atoms with E-state index >= 15 is 0 Å². The molecule has 8 heteroatoms. The second-order valence-corrected chi connectivity index (χ2v) is 6.51. The lowest BCUT2D eigenvalue weighted by Crippen LogP contribution is -2.50. The average molecular weight is 376 g/mol. The molecule has 8 nitrogen and oxygen atoms in total. The van der Waals surface area contributed by atoms with Gasteiger partial charge >= 0.3 is 5.69 Å². The van der Waals surface area contributed by atoms with E-state index in [1.165, 1.54) is 10.8 Å². The largest absolute Gasteiger partial charge is 0.347 e. The molecule has 0 aliphatic carbocycles. The number of carbonyl (C=O) groups excluding carboxylic acids is 1. The molecule has 1 saturated heterocycles. The Labute approximate surface area is 162 Å². The van der Waals surface area contributed by atoms with Gasteiger partial charge in [0, 0.05) is 50.3 Å². The summed E-state index contributed by atoms with van der Waals surface area (Å²) in [5.41, 5.74) is 1.50. The van der Waals surface area contributed by atoms with Crippen molar-refractivity contribution in [2.24, 2.45) is 0 Å². The summed E-state index contributed by atoms with van der Waals surface area (Å²) in [5.74, 6) is 0.575. The van der Waals surface area contributed by atoms with E-state index in [4.69, 9.17) is 0 Å². The van der Waals surface area contributed by atoms with Crippen LogP contribution in [0.2, 0.25) is 0 Å². The van der Waals surface area contributed by atoms with Crippen molar-refractivity contribution in [3.05, 3.63) is 71.5 Å². The zero-order valence-electron chi connectivity index (χ0n) is 15.3.